The number of aryl methyl sites for hydroxylation is 1. The quantitative estimate of drug-likeness (QED) is 0.499. The summed E-state index contributed by atoms with van der Waals surface area (Å²) in [5, 5.41) is 0. The Morgan fingerprint density at radius 3 is 2.45 bits per heavy atom. The van der Waals surface area contributed by atoms with Gasteiger partial charge in [-0.25, -0.2) is 0 Å². The summed E-state index contributed by atoms with van der Waals surface area (Å²) in [6.07, 6.45) is 5.97. The molecule has 4 heteroatoms. The molecule has 2 atom stereocenters. The van der Waals surface area contributed by atoms with Gasteiger partial charge in [-0.2, -0.15) is 0 Å². The molecule has 20 heavy (non-hydrogen) atoms. The Morgan fingerprint density at radius 2 is 1.80 bits per heavy atom. The van der Waals surface area contributed by atoms with Crippen molar-refractivity contribution in [3.63, 3.8) is 0 Å². The molecule has 0 heterocycles. The van der Waals surface area contributed by atoms with Crippen LogP contribution in [-0.4, -0.2) is 17.2 Å². The van der Waals surface area contributed by atoms with E-state index in [0.717, 1.165) is 38.5 Å². The minimum atomic E-state index is -3.37. The van der Waals surface area contributed by atoms with Crippen molar-refractivity contribution < 1.29 is 14.0 Å². The molecule has 1 aromatic rings. The van der Waals surface area contributed by atoms with Gasteiger partial charge in [0.1, 0.15) is 0 Å². The first-order chi connectivity index (χ1) is 9.53. The average Bonchev–Trinajstić information content (AvgIpc) is 2.43. The molecule has 0 bridgehead atoms. The summed E-state index contributed by atoms with van der Waals surface area (Å²) in [5.74, 6) is 0. The predicted molar refractivity (Wildman–Crippen MR) is 84.1 cm³/mol. The Balaban J connectivity index is 2.08. The molecule has 2 unspecified atom stereocenters. The summed E-state index contributed by atoms with van der Waals surface area (Å²) in [4.78, 5) is 9.68. The van der Waals surface area contributed by atoms with Crippen molar-refractivity contribution >= 4 is 7.60 Å². The summed E-state index contributed by atoms with van der Waals surface area (Å²) in [5.41, 5.74) is 1.36. The molecule has 3 nitrogen and oxygen atoms in total. The Morgan fingerprint density at radius 1 is 1.15 bits per heavy atom. The number of hydrogen-bond acceptors (Lipinski definition) is 2. The van der Waals surface area contributed by atoms with E-state index < -0.39 is 7.60 Å². The zero-order valence-corrected chi connectivity index (χ0v) is 13.5. The van der Waals surface area contributed by atoms with Crippen LogP contribution in [0.1, 0.15) is 51.5 Å². The van der Waals surface area contributed by atoms with E-state index in [9.17, 15) is 9.46 Å². The maximum atomic E-state index is 11.8. The van der Waals surface area contributed by atoms with E-state index in [-0.39, 0.29) is 12.3 Å². The van der Waals surface area contributed by atoms with E-state index in [1.807, 2.05) is 19.9 Å². The van der Waals surface area contributed by atoms with Gasteiger partial charge in [0.2, 0.25) is 0 Å². The normalized spacial score (nSPS) is 15.8. The van der Waals surface area contributed by atoms with Crippen LogP contribution in [0.5, 0.6) is 0 Å². The molecule has 0 spiro atoms. The highest BCUT2D eigenvalue weighted by molar-refractivity contribution is 7.52. The van der Waals surface area contributed by atoms with Gasteiger partial charge in [-0.3, -0.25) is 4.57 Å². The van der Waals surface area contributed by atoms with Crippen LogP contribution in [-0.2, 0) is 15.5 Å². The molecule has 0 radical (unpaired) electrons. The molecule has 0 aliphatic heterocycles. The largest absolute Gasteiger partial charge is 0.328 e. The lowest BCUT2D eigenvalue weighted by Crippen LogP contribution is -2.06. The van der Waals surface area contributed by atoms with Crippen molar-refractivity contribution in [2.24, 2.45) is 0 Å². The third-order valence-corrected chi connectivity index (χ3v) is 4.99. The van der Waals surface area contributed by atoms with Gasteiger partial charge in [-0.05, 0) is 38.2 Å². The third kappa shape index (κ3) is 7.84. The second kappa shape index (κ2) is 9.33. The van der Waals surface area contributed by atoms with Gasteiger partial charge in [-0.1, -0.05) is 50.1 Å². The van der Waals surface area contributed by atoms with Crippen molar-refractivity contribution in [1.29, 1.82) is 0 Å². The summed E-state index contributed by atoms with van der Waals surface area (Å²) in [7, 11) is -3.37. The van der Waals surface area contributed by atoms with Gasteiger partial charge in [-0.15, -0.1) is 0 Å². The molecule has 1 rings (SSSR count). The summed E-state index contributed by atoms with van der Waals surface area (Å²) < 4.78 is 16.9. The van der Waals surface area contributed by atoms with E-state index in [0.29, 0.717) is 0 Å². The van der Waals surface area contributed by atoms with E-state index >= 15 is 0 Å². The zero-order chi connectivity index (χ0) is 14.8. The van der Waals surface area contributed by atoms with Crippen LogP contribution in [0, 0.1) is 0 Å². The monoisotopic (exact) mass is 298 g/mol. The zero-order valence-electron chi connectivity index (χ0n) is 12.6. The van der Waals surface area contributed by atoms with Crippen LogP contribution in [0.4, 0.5) is 0 Å². The maximum absolute atomic E-state index is 11.8. The van der Waals surface area contributed by atoms with Gasteiger partial charge < -0.3 is 9.42 Å². The highest BCUT2D eigenvalue weighted by Crippen LogP contribution is 2.44. The van der Waals surface area contributed by atoms with Crippen LogP contribution in [0.2, 0.25) is 0 Å². The van der Waals surface area contributed by atoms with Crippen molar-refractivity contribution in [3.8, 4) is 0 Å². The molecule has 0 aliphatic carbocycles. The Hall–Kier alpha value is -0.630. The molecule has 0 saturated heterocycles. The second-order valence-corrected chi connectivity index (χ2v) is 7.27. The van der Waals surface area contributed by atoms with Crippen LogP contribution in [0.3, 0.4) is 0 Å². The van der Waals surface area contributed by atoms with E-state index in [1.165, 1.54) is 5.56 Å². The molecular weight excluding hydrogens is 271 g/mol. The first-order valence-electron chi connectivity index (χ1n) is 7.57. The molecule has 0 aliphatic rings. The fraction of sp³-hybridized carbons (Fsp3) is 0.625. The Bertz CT molecular complexity index is 405. The summed E-state index contributed by atoms with van der Waals surface area (Å²) in [6.45, 7) is 3.79. The molecule has 0 fully saturated rings. The Labute approximate surface area is 122 Å². The molecule has 0 saturated carbocycles. The van der Waals surface area contributed by atoms with Crippen LogP contribution in [0.15, 0.2) is 30.3 Å². The lowest BCUT2D eigenvalue weighted by Gasteiger charge is -2.16. The summed E-state index contributed by atoms with van der Waals surface area (Å²) in [6, 6.07) is 10.4. The van der Waals surface area contributed by atoms with Crippen LogP contribution < -0.4 is 0 Å². The first-order valence-corrected chi connectivity index (χ1v) is 9.34. The molecule has 1 aromatic carbocycles. The number of unbranched alkanes of at least 4 members (excludes halogenated alkanes) is 3. The van der Waals surface area contributed by atoms with Gasteiger partial charge in [0.05, 0.1) is 6.10 Å². The summed E-state index contributed by atoms with van der Waals surface area (Å²) >= 11 is 0. The van der Waals surface area contributed by atoms with Crippen molar-refractivity contribution in [1.82, 2.24) is 0 Å². The van der Waals surface area contributed by atoms with Gasteiger partial charge in [0, 0.05) is 6.16 Å². The first kappa shape index (κ1) is 17.4. The standard InChI is InChI=1S/C16H27O3P/c1-3-15(2)19-20(17,18)14-10-5-4-7-11-16-12-8-6-9-13-16/h6,8-9,12-13,15H,3-5,7,10-11,14H2,1-2H3,(H,17,18). The van der Waals surface area contributed by atoms with Crippen LogP contribution in [0.25, 0.3) is 0 Å². The third-order valence-electron chi connectivity index (χ3n) is 3.42. The average molecular weight is 298 g/mol. The van der Waals surface area contributed by atoms with E-state index in [1.54, 1.807) is 0 Å². The van der Waals surface area contributed by atoms with Crippen molar-refractivity contribution in [3.05, 3.63) is 35.9 Å². The SMILES string of the molecule is CCC(C)OP(=O)(O)CCCCCCc1ccccc1. The topological polar surface area (TPSA) is 46.5 Å². The number of benzene rings is 1. The fourth-order valence-electron chi connectivity index (χ4n) is 2.05. The minimum absolute atomic E-state index is 0.135. The lowest BCUT2D eigenvalue weighted by molar-refractivity contribution is 0.185. The van der Waals surface area contributed by atoms with Crippen molar-refractivity contribution in [2.75, 3.05) is 6.16 Å². The number of rotatable bonds is 10. The predicted octanol–water partition coefficient (Wildman–Crippen LogP) is 4.79. The van der Waals surface area contributed by atoms with Gasteiger partial charge in [0.15, 0.2) is 0 Å². The maximum Gasteiger partial charge on any atom is 0.328 e. The number of hydrogen-bond donors (Lipinski definition) is 1. The van der Waals surface area contributed by atoms with E-state index in [4.69, 9.17) is 4.52 Å². The lowest BCUT2D eigenvalue weighted by atomic mass is 10.1. The van der Waals surface area contributed by atoms with Gasteiger partial charge >= 0.3 is 7.60 Å². The smallest absolute Gasteiger partial charge is 0.324 e. The molecule has 0 aromatic heterocycles. The molecular formula is C16H27O3P. The van der Waals surface area contributed by atoms with Crippen LogP contribution >= 0.6 is 7.60 Å². The van der Waals surface area contributed by atoms with Crippen molar-refractivity contribution in [2.45, 2.75) is 58.5 Å². The van der Waals surface area contributed by atoms with E-state index in [2.05, 4.69) is 24.3 Å². The molecule has 114 valence electrons. The molecule has 1 N–H and O–H groups in total. The highest BCUT2D eigenvalue weighted by atomic mass is 31.2. The molecule has 0 amide bonds. The van der Waals surface area contributed by atoms with Gasteiger partial charge in [0.25, 0.3) is 0 Å². The minimum Gasteiger partial charge on any atom is -0.324 e. The second-order valence-electron chi connectivity index (χ2n) is 5.34. The highest BCUT2D eigenvalue weighted by Gasteiger charge is 2.21. The fourth-order valence-corrected chi connectivity index (χ4v) is 3.49. The Kier molecular flexibility index (Phi) is 8.13.